The maximum atomic E-state index is 12.5. The molecule has 24 heavy (non-hydrogen) atoms. The summed E-state index contributed by atoms with van der Waals surface area (Å²) >= 11 is 0. The Morgan fingerprint density at radius 2 is 2.00 bits per heavy atom. The second-order valence-corrected chi connectivity index (χ2v) is 8.38. The summed E-state index contributed by atoms with van der Waals surface area (Å²) in [5, 5.41) is 12.8. The first-order valence-corrected chi connectivity index (χ1v) is 8.83. The molecule has 0 atom stereocenters. The molecule has 2 aliphatic carbocycles. The van der Waals surface area contributed by atoms with Crippen LogP contribution in [0.4, 0.5) is 5.82 Å². The number of nitrogens with one attached hydrogen (secondary N) is 1. The molecule has 1 aromatic heterocycles. The van der Waals surface area contributed by atoms with Gasteiger partial charge in [-0.05, 0) is 58.1 Å². The Kier molecular flexibility index (Phi) is 4.32. The molecule has 1 aromatic rings. The number of hydrogen-bond donors (Lipinski definition) is 2. The van der Waals surface area contributed by atoms with Gasteiger partial charge in [0, 0.05) is 18.2 Å². The highest BCUT2D eigenvalue weighted by atomic mass is 16.6. The van der Waals surface area contributed by atoms with Gasteiger partial charge in [-0.3, -0.25) is 4.79 Å². The number of pyridine rings is 1. The number of nitrogens with zero attached hydrogens (tertiary/aromatic N) is 1. The van der Waals surface area contributed by atoms with Crippen LogP contribution >= 0.6 is 0 Å². The Labute approximate surface area is 143 Å². The summed E-state index contributed by atoms with van der Waals surface area (Å²) in [6.07, 6.45) is 6.75. The van der Waals surface area contributed by atoms with Crippen molar-refractivity contribution in [2.75, 3.05) is 18.5 Å². The monoisotopic (exact) mass is 332 g/mol. The van der Waals surface area contributed by atoms with Gasteiger partial charge in [-0.25, -0.2) is 4.98 Å². The van der Waals surface area contributed by atoms with Gasteiger partial charge in [0.2, 0.25) is 0 Å². The van der Waals surface area contributed by atoms with Crippen LogP contribution in [0.25, 0.3) is 0 Å². The lowest BCUT2D eigenvalue weighted by atomic mass is 9.69. The first-order chi connectivity index (χ1) is 11.3. The lowest BCUT2D eigenvalue weighted by Gasteiger charge is -2.40. The van der Waals surface area contributed by atoms with Gasteiger partial charge >= 0.3 is 5.97 Å². The van der Waals surface area contributed by atoms with Gasteiger partial charge in [-0.1, -0.05) is 12.5 Å². The topological polar surface area (TPSA) is 71.5 Å². The number of hydrogen-bond acceptors (Lipinski definition) is 5. The third-order valence-electron chi connectivity index (χ3n) is 5.25. The first kappa shape index (κ1) is 17.2. The van der Waals surface area contributed by atoms with Crippen molar-refractivity contribution < 1.29 is 14.6 Å². The zero-order valence-corrected chi connectivity index (χ0v) is 14.9. The molecular formula is C19H28N2O3. The van der Waals surface area contributed by atoms with Crippen LogP contribution in [-0.4, -0.2) is 34.8 Å². The zero-order chi connectivity index (χ0) is 17.4. The van der Waals surface area contributed by atoms with Gasteiger partial charge in [-0.15, -0.1) is 0 Å². The lowest BCUT2D eigenvalue weighted by molar-refractivity contribution is -0.158. The minimum atomic E-state index is -0.501. The Bertz CT molecular complexity index is 591. The second-order valence-electron chi connectivity index (χ2n) is 8.38. The predicted octanol–water partition coefficient (Wildman–Crippen LogP) is 3.03. The van der Waals surface area contributed by atoms with E-state index in [2.05, 4.69) is 10.3 Å². The molecule has 3 rings (SSSR count). The summed E-state index contributed by atoms with van der Waals surface area (Å²) in [4.78, 5) is 16.9. The van der Waals surface area contributed by atoms with Crippen molar-refractivity contribution in [3.63, 3.8) is 0 Å². The van der Waals surface area contributed by atoms with E-state index in [9.17, 15) is 9.90 Å². The van der Waals surface area contributed by atoms with E-state index in [0.29, 0.717) is 0 Å². The minimum absolute atomic E-state index is 0.0224. The third kappa shape index (κ3) is 3.41. The molecule has 1 heterocycles. The van der Waals surface area contributed by atoms with E-state index in [1.807, 2.05) is 32.9 Å². The predicted molar refractivity (Wildman–Crippen MR) is 92.9 cm³/mol. The number of aliphatic hydroxyl groups excluding tert-OH is 1. The van der Waals surface area contributed by atoms with Crippen molar-refractivity contribution in [1.82, 2.24) is 4.98 Å². The van der Waals surface area contributed by atoms with Crippen LogP contribution in [0.2, 0.25) is 0 Å². The molecule has 0 amide bonds. The summed E-state index contributed by atoms with van der Waals surface area (Å²) in [5.41, 5.74) is -0.0146. The molecule has 0 radical (unpaired) electrons. The summed E-state index contributed by atoms with van der Waals surface area (Å²) in [5.74, 6) is 0.643. The van der Waals surface area contributed by atoms with Crippen LogP contribution in [0.5, 0.6) is 0 Å². The second kappa shape index (κ2) is 6.03. The normalized spacial score (nSPS) is 20.8. The van der Waals surface area contributed by atoms with Crippen LogP contribution in [0.1, 0.15) is 58.4 Å². The van der Waals surface area contributed by atoms with Crippen molar-refractivity contribution in [1.29, 1.82) is 0 Å². The molecule has 132 valence electrons. The average Bonchev–Trinajstić information content (AvgIpc) is 3.27. The summed E-state index contributed by atoms with van der Waals surface area (Å²) in [6, 6.07) is 3.89. The molecule has 2 aliphatic rings. The number of ether oxygens (including phenoxy) is 1. The first-order valence-electron chi connectivity index (χ1n) is 8.83. The number of carbonyl (C=O) groups is 1. The van der Waals surface area contributed by atoms with Crippen molar-refractivity contribution in [3.05, 3.63) is 23.9 Å². The molecule has 0 spiro atoms. The maximum Gasteiger partial charge on any atom is 0.317 e. The van der Waals surface area contributed by atoms with E-state index in [1.165, 1.54) is 6.42 Å². The maximum absolute atomic E-state index is 12.5. The van der Waals surface area contributed by atoms with Gasteiger partial charge in [0.25, 0.3) is 0 Å². The number of rotatable bonds is 6. The highest BCUT2D eigenvalue weighted by molar-refractivity contribution is 5.86. The molecule has 5 nitrogen and oxygen atoms in total. The SMILES string of the molecule is CC(C)(C)OC(=O)C1(c2ccc(NCC3(CO)CCC3)nc2)CC1. The molecule has 0 aromatic carbocycles. The highest BCUT2D eigenvalue weighted by Gasteiger charge is 2.53. The zero-order valence-electron chi connectivity index (χ0n) is 14.9. The van der Waals surface area contributed by atoms with Crippen LogP contribution in [-0.2, 0) is 14.9 Å². The third-order valence-corrected chi connectivity index (χ3v) is 5.25. The Hall–Kier alpha value is -1.62. The Balaban J connectivity index is 1.63. The number of aliphatic hydroxyl groups is 1. The summed E-state index contributed by atoms with van der Waals surface area (Å²) in [7, 11) is 0. The molecule has 2 saturated carbocycles. The van der Waals surface area contributed by atoms with Gasteiger partial charge in [0.1, 0.15) is 11.4 Å². The quantitative estimate of drug-likeness (QED) is 0.784. The molecule has 0 saturated heterocycles. The standard InChI is InChI=1S/C19H28N2O3/c1-17(2,3)24-16(23)19(9-10-19)14-5-6-15(20-11-14)21-12-18(13-22)7-4-8-18/h5-6,11,22H,4,7-10,12-13H2,1-3H3,(H,20,21). The van der Waals surface area contributed by atoms with E-state index in [0.717, 1.165) is 43.6 Å². The fourth-order valence-electron chi connectivity index (χ4n) is 3.24. The fourth-order valence-corrected chi connectivity index (χ4v) is 3.24. The molecule has 5 heteroatoms. The molecule has 2 N–H and O–H groups in total. The Morgan fingerprint density at radius 1 is 1.29 bits per heavy atom. The molecule has 0 aliphatic heterocycles. The number of anilines is 1. The van der Waals surface area contributed by atoms with Crippen molar-refractivity contribution in [3.8, 4) is 0 Å². The van der Waals surface area contributed by atoms with E-state index >= 15 is 0 Å². The van der Waals surface area contributed by atoms with Crippen LogP contribution < -0.4 is 5.32 Å². The smallest absolute Gasteiger partial charge is 0.317 e. The number of esters is 1. The van der Waals surface area contributed by atoms with Gasteiger partial charge in [-0.2, -0.15) is 0 Å². The largest absolute Gasteiger partial charge is 0.459 e. The molecule has 0 unspecified atom stereocenters. The van der Waals surface area contributed by atoms with Crippen molar-refractivity contribution in [2.45, 2.75) is 63.9 Å². The molecule has 2 fully saturated rings. The van der Waals surface area contributed by atoms with Crippen molar-refractivity contribution in [2.24, 2.45) is 5.41 Å². The molecule has 0 bridgehead atoms. The number of carbonyl (C=O) groups excluding carboxylic acids is 1. The Morgan fingerprint density at radius 3 is 2.42 bits per heavy atom. The number of aromatic nitrogens is 1. The van der Waals surface area contributed by atoms with Crippen molar-refractivity contribution >= 4 is 11.8 Å². The van der Waals surface area contributed by atoms with Crippen LogP contribution in [0, 0.1) is 5.41 Å². The van der Waals surface area contributed by atoms with Gasteiger partial charge in [0.15, 0.2) is 0 Å². The van der Waals surface area contributed by atoms with Gasteiger partial charge in [0.05, 0.1) is 12.0 Å². The van der Waals surface area contributed by atoms with Crippen LogP contribution in [0.3, 0.4) is 0 Å². The summed E-state index contributed by atoms with van der Waals surface area (Å²) < 4.78 is 5.57. The van der Waals surface area contributed by atoms with E-state index in [1.54, 1.807) is 6.20 Å². The average molecular weight is 332 g/mol. The highest BCUT2D eigenvalue weighted by Crippen LogP contribution is 2.49. The van der Waals surface area contributed by atoms with Gasteiger partial charge < -0.3 is 15.2 Å². The lowest BCUT2D eigenvalue weighted by Crippen LogP contribution is -2.40. The summed E-state index contributed by atoms with van der Waals surface area (Å²) in [6.45, 7) is 6.64. The van der Waals surface area contributed by atoms with E-state index in [4.69, 9.17) is 4.74 Å². The molecular weight excluding hydrogens is 304 g/mol. The van der Waals surface area contributed by atoms with E-state index < -0.39 is 11.0 Å². The fraction of sp³-hybridized carbons (Fsp3) is 0.684. The van der Waals surface area contributed by atoms with Crippen LogP contribution in [0.15, 0.2) is 18.3 Å². The van der Waals surface area contributed by atoms with E-state index in [-0.39, 0.29) is 18.0 Å². The minimum Gasteiger partial charge on any atom is -0.459 e.